The van der Waals surface area contributed by atoms with Crippen LogP contribution in [-0.4, -0.2) is 50.3 Å². The van der Waals surface area contributed by atoms with Gasteiger partial charge in [-0.3, -0.25) is 0 Å². The molecule has 1 aromatic carbocycles. The molecule has 4 N–H and O–H groups in total. The summed E-state index contributed by atoms with van der Waals surface area (Å²) in [4.78, 5) is 54.3. The second-order valence-electron chi connectivity index (χ2n) is 3.71. The Bertz CT molecular complexity index is 705. The average molecular weight is 374 g/mol. The van der Waals surface area contributed by atoms with Crippen molar-refractivity contribution in [1.29, 1.82) is 0 Å². The third-order valence-corrected chi connectivity index (χ3v) is 2.92. The molecule has 0 radical (unpaired) electrons. The Hall–Kier alpha value is -1.21. The van der Waals surface area contributed by atoms with Gasteiger partial charge in [-0.1, -0.05) is 0 Å². The zero-order chi connectivity index (χ0) is 17.4. The standard InChI is InChI=1S/C11H6O10S.2Na/c12-7(13)1-2(8(14)15)4(10(18)19)6(22)5(11(20)21)3(1)9(16)17;;/h22H,(H,12,13)(H,14,15)(H,16,17)(H,18,19)(H,20,21);;/q;2*+1/p-2. The molecule has 116 valence electrons. The summed E-state index contributed by atoms with van der Waals surface area (Å²) in [6.45, 7) is 0. The molecule has 0 saturated heterocycles. The van der Waals surface area contributed by atoms with Gasteiger partial charge in [0.15, 0.2) is 0 Å². The molecule has 0 atom stereocenters. The van der Waals surface area contributed by atoms with E-state index in [4.69, 9.17) is 20.4 Å². The fourth-order valence-corrected chi connectivity index (χ4v) is 2.14. The predicted molar refractivity (Wildman–Crippen MR) is 64.2 cm³/mol. The van der Waals surface area contributed by atoms with E-state index in [-0.39, 0.29) is 59.1 Å². The first-order chi connectivity index (χ1) is 10.0. The Morgan fingerprint density at radius 1 is 0.625 bits per heavy atom. The summed E-state index contributed by atoms with van der Waals surface area (Å²) in [5, 5.41) is 46.9. The number of benzene rings is 1. The van der Waals surface area contributed by atoms with Crippen LogP contribution in [0.1, 0.15) is 51.8 Å². The minimum atomic E-state index is -2.25. The number of carboxylic acid groups (broad SMARTS) is 5. The third-order valence-electron chi connectivity index (χ3n) is 2.51. The van der Waals surface area contributed by atoms with Crippen LogP contribution < -0.4 is 64.2 Å². The smallest absolute Gasteiger partial charge is 0.778 e. The Labute approximate surface area is 182 Å². The first kappa shape index (κ1) is 25.0. The van der Waals surface area contributed by atoms with Crippen molar-refractivity contribution in [2.24, 2.45) is 0 Å². The first-order valence-corrected chi connectivity index (χ1v) is 5.48. The predicted octanol–water partition coefficient (Wildman–Crippen LogP) is -7.24. The van der Waals surface area contributed by atoms with E-state index in [1.54, 1.807) is 0 Å². The molecule has 1 aromatic rings. The summed E-state index contributed by atoms with van der Waals surface area (Å²) in [6.07, 6.45) is 0. The molecule has 0 spiro atoms. The van der Waals surface area contributed by atoms with Crippen LogP contribution in [0.2, 0.25) is 0 Å². The Kier molecular flexibility index (Phi) is 9.72. The van der Waals surface area contributed by atoms with E-state index in [0.29, 0.717) is 0 Å². The Morgan fingerprint density at radius 3 is 1.12 bits per heavy atom. The van der Waals surface area contributed by atoms with Gasteiger partial charge in [-0.15, -0.1) is 4.90 Å². The summed E-state index contributed by atoms with van der Waals surface area (Å²) < 4.78 is 0. The minimum absolute atomic E-state index is 0. The average Bonchev–Trinajstić information content (AvgIpc) is 2.34. The number of aromatic carboxylic acids is 5. The van der Waals surface area contributed by atoms with Gasteiger partial charge in [0.25, 0.3) is 0 Å². The van der Waals surface area contributed by atoms with Crippen LogP contribution in [0.15, 0.2) is 4.90 Å². The molecule has 0 saturated carbocycles. The largest absolute Gasteiger partial charge is 1.00 e. The molecule has 0 aromatic heterocycles. The molecule has 0 unspecified atom stereocenters. The maximum Gasteiger partial charge on any atom is 1.00 e. The van der Waals surface area contributed by atoms with E-state index in [0.717, 1.165) is 0 Å². The van der Waals surface area contributed by atoms with E-state index >= 15 is 0 Å². The van der Waals surface area contributed by atoms with Gasteiger partial charge in [0.1, 0.15) is 0 Å². The Morgan fingerprint density at radius 2 is 0.875 bits per heavy atom. The number of hydrogen-bond donors (Lipinski definition) is 4. The molecule has 0 aliphatic heterocycles. The van der Waals surface area contributed by atoms with Crippen LogP contribution in [-0.2, 0) is 12.6 Å². The topological polar surface area (TPSA) is 189 Å². The number of carbonyl (C=O) groups is 5. The molecule has 0 bridgehead atoms. The molecule has 10 nitrogen and oxygen atoms in total. The van der Waals surface area contributed by atoms with Gasteiger partial charge in [0.2, 0.25) is 0 Å². The van der Waals surface area contributed by atoms with Crippen molar-refractivity contribution >= 4 is 42.5 Å². The maximum absolute atomic E-state index is 11.1. The van der Waals surface area contributed by atoms with Crippen LogP contribution in [0.3, 0.4) is 0 Å². The summed E-state index contributed by atoms with van der Waals surface area (Å²) >= 11 is 4.48. The molecular weight excluding hydrogens is 370 g/mol. The first-order valence-electron chi connectivity index (χ1n) is 5.07. The molecule has 1 rings (SSSR count). The Balaban J connectivity index is 0. The molecule has 0 aliphatic rings. The molecule has 24 heavy (non-hydrogen) atoms. The van der Waals surface area contributed by atoms with Gasteiger partial charge in [-0.05, 0) is 5.56 Å². The van der Waals surface area contributed by atoms with Gasteiger partial charge in [-0.2, -0.15) is 0 Å². The summed E-state index contributed by atoms with van der Waals surface area (Å²) in [5.74, 6) is -10.6. The van der Waals surface area contributed by atoms with Gasteiger partial charge in [0, 0.05) is 0 Å². The van der Waals surface area contributed by atoms with Crippen LogP contribution in [0.25, 0.3) is 0 Å². The second kappa shape index (κ2) is 9.32. The van der Waals surface area contributed by atoms with Crippen LogP contribution in [0, 0.1) is 0 Å². The van der Waals surface area contributed by atoms with Crippen molar-refractivity contribution in [3.05, 3.63) is 27.8 Å². The van der Waals surface area contributed by atoms with Crippen molar-refractivity contribution in [2.75, 3.05) is 0 Å². The van der Waals surface area contributed by atoms with Crippen molar-refractivity contribution < 1.29 is 109 Å². The number of rotatable bonds is 5. The summed E-state index contributed by atoms with van der Waals surface area (Å²) in [6, 6.07) is 0. The SMILES string of the molecule is O=C([O-])c1c([S-])c(C(=O)O)c(C(=O)O)c(C(=O)O)c1C(=O)O.[Na+].[Na+]. The fraction of sp³-hybridized carbons (Fsp3) is 0. The van der Waals surface area contributed by atoms with E-state index < -0.39 is 62.6 Å². The van der Waals surface area contributed by atoms with Gasteiger partial charge in [-0.25, -0.2) is 19.2 Å². The second-order valence-corrected chi connectivity index (χ2v) is 4.12. The van der Waals surface area contributed by atoms with Crippen molar-refractivity contribution in [2.45, 2.75) is 4.90 Å². The number of carboxylic acids is 5. The fourth-order valence-electron chi connectivity index (χ4n) is 1.77. The van der Waals surface area contributed by atoms with E-state index in [9.17, 15) is 29.1 Å². The zero-order valence-corrected chi connectivity index (χ0v) is 17.0. The zero-order valence-electron chi connectivity index (χ0n) is 12.1. The summed E-state index contributed by atoms with van der Waals surface area (Å²) in [5.41, 5.74) is -7.09. The van der Waals surface area contributed by atoms with E-state index in [1.807, 2.05) is 0 Å². The van der Waals surface area contributed by atoms with Crippen LogP contribution in [0.4, 0.5) is 0 Å². The monoisotopic (exact) mass is 374 g/mol. The van der Waals surface area contributed by atoms with Crippen molar-refractivity contribution in [1.82, 2.24) is 0 Å². The molecule has 13 heteroatoms. The van der Waals surface area contributed by atoms with E-state index in [1.165, 1.54) is 0 Å². The quantitative estimate of drug-likeness (QED) is 0.283. The van der Waals surface area contributed by atoms with Crippen molar-refractivity contribution in [3.8, 4) is 0 Å². The molecular formula is C11H4Na2O10S. The van der Waals surface area contributed by atoms with Crippen LogP contribution >= 0.6 is 0 Å². The number of hydrogen-bond acceptors (Lipinski definition) is 7. The number of carbonyl (C=O) groups excluding carboxylic acids is 1. The van der Waals surface area contributed by atoms with Gasteiger partial charge >= 0.3 is 83.0 Å². The summed E-state index contributed by atoms with van der Waals surface area (Å²) in [7, 11) is 0. The molecule has 0 heterocycles. The normalized spacial score (nSPS) is 9.17. The maximum atomic E-state index is 11.1. The minimum Gasteiger partial charge on any atom is -0.778 e. The molecule has 0 aliphatic carbocycles. The molecule has 0 fully saturated rings. The van der Waals surface area contributed by atoms with Crippen LogP contribution in [0.5, 0.6) is 0 Å². The van der Waals surface area contributed by atoms with Gasteiger partial charge in [0.05, 0.1) is 28.2 Å². The molecule has 0 amide bonds. The van der Waals surface area contributed by atoms with E-state index in [2.05, 4.69) is 12.6 Å². The van der Waals surface area contributed by atoms with Gasteiger partial charge < -0.3 is 43.0 Å². The third kappa shape index (κ3) is 4.45. The van der Waals surface area contributed by atoms with Crippen molar-refractivity contribution in [3.63, 3.8) is 0 Å².